The van der Waals surface area contributed by atoms with Crippen molar-refractivity contribution in [2.45, 2.75) is 55.3 Å². The summed E-state index contributed by atoms with van der Waals surface area (Å²) in [6.45, 7) is -1.96. The van der Waals surface area contributed by atoms with Gasteiger partial charge in [-0.1, -0.05) is 6.42 Å². The molecule has 3 saturated heterocycles. The minimum Gasteiger partial charge on any atom is -0.386 e. The predicted molar refractivity (Wildman–Crippen MR) is 156 cm³/mol. The number of halogens is 2. The first-order valence-electron chi connectivity index (χ1n) is 14.4. The second-order valence-electron chi connectivity index (χ2n) is 11.6. The smallest absolute Gasteiger partial charge is 0.386 e. The molecule has 0 amide bonds. The fourth-order valence-electron chi connectivity index (χ4n) is 6.50. The number of phosphoric ester groups is 2. The molecule has 0 radical (unpaired) electrons. The SMILES string of the molecule is C#COc1nc(N)nc2c1ncn2[C@@H]1O[C@@H]2COP(=O)(O)O[C@H]3[C@H](n4cnc5c(N)ncnc54)O[C@H](COP(=O)(O)O[C@H]2[C@H]1O)[C@@]31CC1(F)F. The molecular formula is C24H24F2N10O12P2. The fourth-order valence-corrected chi connectivity index (χ4v) is 8.43. The molecule has 7 heterocycles. The molecule has 22 nitrogen and oxygen atoms in total. The van der Waals surface area contributed by atoms with Gasteiger partial charge in [-0.2, -0.15) is 9.97 Å². The number of nitrogen functional groups attached to an aromatic ring is 2. The molecule has 7 N–H and O–H groups in total. The average Bonchev–Trinajstić information content (AvgIpc) is 3.54. The number of hydrogen-bond acceptors (Lipinski definition) is 18. The summed E-state index contributed by atoms with van der Waals surface area (Å²) in [7, 11) is -10.6. The number of fused-ring (bicyclic) bond motifs is 3. The molecule has 1 spiro atoms. The van der Waals surface area contributed by atoms with Gasteiger partial charge in [-0.05, 0) is 0 Å². The number of hydrogen-bond donors (Lipinski definition) is 5. The van der Waals surface area contributed by atoms with Crippen molar-refractivity contribution in [2.75, 3.05) is 24.7 Å². The first-order chi connectivity index (χ1) is 23.6. The standard InChI is InChI=1S/C24H24F2N10O12P2/c1-2-42-19-12-18(33-22(28)34-19)36(8-32-12)20-13(37)14-9(45-20)3-43-50(40,41)48-15-21(35-7-31-11-16(27)29-6-30-17(11)35)46-10(4-44-49(38,39)47-14)23(15)5-24(23,25)26/h1,6-10,13-15,20-21,37H,3-5H2,(H,38,39)(H,40,41)(H2,27,29,30)(H2,28,33,34)/t9-,10-,13-,14-,15+,20-,21-,23+/m1/s1. The maximum atomic E-state index is 15.3. The number of alkyl halides is 2. The monoisotopic (exact) mass is 744 g/mol. The third-order valence-corrected chi connectivity index (χ3v) is 10.8. The maximum absolute atomic E-state index is 15.3. The number of aromatic nitrogens is 8. The van der Waals surface area contributed by atoms with Crippen LogP contribution in [-0.4, -0.2) is 104 Å². The lowest BCUT2D eigenvalue weighted by Crippen LogP contribution is -2.37. The summed E-state index contributed by atoms with van der Waals surface area (Å²) in [6.07, 6.45) is -2.54. The van der Waals surface area contributed by atoms with Crippen molar-refractivity contribution in [1.29, 1.82) is 0 Å². The molecule has 4 aromatic rings. The molecule has 50 heavy (non-hydrogen) atoms. The Morgan fingerprint density at radius 1 is 0.960 bits per heavy atom. The van der Waals surface area contributed by atoms with E-state index < -0.39 is 89.6 Å². The minimum absolute atomic E-state index is 0.00186. The van der Waals surface area contributed by atoms with Crippen LogP contribution in [0.25, 0.3) is 22.3 Å². The summed E-state index contributed by atoms with van der Waals surface area (Å²) in [5, 5.41) is 11.3. The number of ether oxygens (including phenoxy) is 3. The molecular weight excluding hydrogens is 720 g/mol. The Hall–Kier alpha value is -3.98. The highest BCUT2D eigenvalue weighted by Crippen LogP contribution is 2.73. The maximum Gasteiger partial charge on any atom is 0.472 e. The number of anilines is 2. The summed E-state index contributed by atoms with van der Waals surface area (Å²) in [6, 6.07) is 0. The van der Waals surface area contributed by atoms with Gasteiger partial charge in [0.25, 0.3) is 11.8 Å². The van der Waals surface area contributed by atoms with Crippen LogP contribution in [0, 0.1) is 17.9 Å². The van der Waals surface area contributed by atoms with E-state index in [0.717, 1.165) is 28.1 Å². The molecule has 1 aliphatic carbocycles. The minimum atomic E-state index is -5.33. The first-order valence-corrected chi connectivity index (χ1v) is 17.4. The number of nitrogens with two attached hydrogens (primary N) is 2. The van der Waals surface area contributed by atoms with Crippen molar-refractivity contribution < 1.29 is 65.1 Å². The van der Waals surface area contributed by atoms with Crippen LogP contribution in [0.4, 0.5) is 20.5 Å². The van der Waals surface area contributed by atoms with Gasteiger partial charge in [-0.15, -0.1) is 0 Å². The second kappa shape index (κ2) is 11.3. The van der Waals surface area contributed by atoms with Crippen LogP contribution >= 0.6 is 15.6 Å². The van der Waals surface area contributed by atoms with Gasteiger partial charge in [-0.3, -0.25) is 27.2 Å². The van der Waals surface area contributed by atoms with Gasteiger partial charge in [0.05, 0.1) is 37.4 Å². The Morgan fingerprint density at radius 2 is 1.64 bits per heavy atom. The van der Waals surface area contributed by atoms with E-state index in [1.54, 1.807) is 0 Å². The highest BCUT2D eigenvalue weighted by molar-refractivity contribution is 7.47. The number of aliphatic hydroxyl groups is 1. The summed E-state index contributed by atoms with van der Waals surface area (Å²) >= 11 is 0. The van der Waals surface area contributed by atoms with Crippen LogP contribution in [0.1, 0.15) is 18.9 Å². The quantitative estimate of drug-likeness (QED) is 0.136. The highest BCUT2D eigenvalue weighted by atomic mass is 31.2. The van der Waals surface area contributed by atoms with E-state index in [9.17, 15) is 24.0 Å². The Labute approximate surface area is 276 Å². The van der Waals surface area contributed by atoms with Crippen molar-refractivity contribution in [2.24, 2.45) is 5.41 Å². The first kappa shape index (κ1) is 33.2. The van der Waals surface area contributed by atoms with Crippen molar-refractivity contribution >= 4 is 49.7 Å². The summed E-state index contributed by atoms with van der Waals surface area (Å²) < 4.78 is 97.6. The topological polar surface area (TPSA) is 299 Å². The van der Waals surface area contributed by atoms with Gasteiger partial charge < -0.3 is 40.6 Å². The van der Waals surface area contributed by atoms with Gasteiger partial charge in [-0.25, -0.2) is 37.8 Å². The Balaban J connectivity index is 1.14. The lowest BCUT2D eigenvalue weighted by atomic mass is 9.94. The highest BCUT2D eigenvalue weighted by Gasteiger charge is 2.84. The molecule has 2 bridgehead atoms. The van der Waals surface area contributed by atoms with Crippen LogP contribution in [0.3, 0.4) is 0 Å². The third kappa shape index (κ3) is 5.13. The number of imidazole rings is 2. The van der Waals surface area contributed by atoms with Crippen LogP contribution in [-0.2, 0) is 36.7 Å². The molecule has 266 valence electrons. The van der Waals surface area contributed by atoms with Crippen molar-refractivity contribution in [3.8, 4) is 18.4 Å². The van der Waals surface area contributed by atoms with E-state index in [1.165, 1.54) is 0 Å². The molecule has 4 aliphatic rings. The van der Waals surface area contributed by atoms with Gasteiger partial charge in [0.15, 0.2) is 35.1 Å². The zero-order valence-electron chi connectivity index (χ0n) is 24.9. The summed E-state index contributed by atoms with van der Waals surface area (Å²) in [5.74, 6) is -4.14. The van der Waals surface area contributed by atoms with Gasteiger partial charge in [0.1, 0.15) is 42.4 Å². The average molecular weight is 744 g/mol. The number of rotatable bonds is 3. The van der Waals surface area contributed by atoms with Gasteiger partial charge in [0, 0.05) is 6.42 Å². The molecule has 2 unspecified atom stereocenters. The van der Waals surface area contributed by atoms with E-state index >= 15 is 8.78 Å². The molecule has 0 aromatic carbocycles. The fraction of sp³-hybridized carbons (Fsp3) is 0.500. The van der Waals surface area contributed by atoms with Gasteiger partial charge >= 0.3 is 15.6 Å². The Bertz CT molecular complexity index is 2170. The van der Waals surface area contributed by atoms with Crippen LogP contribution in [0.15, 0.2) is 19.0 Å². The van der Waals surface area contributed by atoms with Crippen LogP contribution < -0.4 is 16.2 Å². The lowest BCUT2D eigenvalue weighted by molar-refractivity contribution is -0.0673. The second-order valence-corrected chi connectivity index (χ2v) is 14.4. The van der Waals surface area contributed by atoms with Crippen LogP contribution in [0.5, 0.6) is 5.88 Å². The van der Waals surface area contributed by atoms with E-state index in [4.69, 9.17) is 50.2 Å². The molecule has 10 atom stereocenters. The number of phosphoric acid groups is 2. The molecule has 1 saturated carbocycles. The van der Waals surface area contributed by atoms with Crippen molar-refractivity contribution in [1.82, 2.24) is 39.0 Å². The van der Waals surface area contributed by atoms with E-state index in [1.807, 2.05) is 6.11 Å². The Kier molecular flexibility index (Phi) is 7.47. The molecule has 8 rings (SSSR count). The molecule has 4 fully saturated rings. The normalized spacial score (nSPS) is 38.3. The zero-order chi connectivity index (χ0) is 35.4. The molecule has 3 aliphatic heterocycles. The number of nitrogens with zero attached hydrogens (tertiary/aromatic N) is 8. The number of aliphatic hydroxyl groups excluding tert-OH is 1. The lowest BCUT2D eigenvalue weighted by Gasteiger charge is -2.27. The largest absolute Gasteiger partial charge is 0.472 e. The van der Waals surface area contributed by atoms with Crippen molar-refractivity contribution in [3.63, 3.8) is 0 Å². The van der Waals surface area contributed by atoms with Gasteiger partial charge in [0.2, 0.25) is 5.95 Å². The third-order valence-electron chi connectivity index (χ3n) is 8.82. The zero-order valence-corrected chi connectivity index (χ0v) is 26.7. The molecule has 26 heteroatoms. The van der Waals surface area contributed by atoms with Crippen molar-refractivity contribution in [3.05, 3.63) is 19.0 Å². The predicted octanol–water partition coefficient (Wildman–Crippen LogP) is -0.000800. The summed E-state index contributed by atoms with van der Waals surface area (Å²) in [5.41, 5.74) is 9.28. The van der Waals surface area contributed by atoms with E-state index in [0.29, 0.717) is 0 Å². The van der Waals surface area contributed by atoms with E-state index in [-0.39, 0.29) is 40.0 Å². The number of terminal acetylenes is 1. The summed E-state index contributed by atoms with van der Waals surface area (Å²) in [4.78, 5) is 45.7. The van der Waals surface area contributed by atoms with Crippen LogP contribution in [0.2, 0.25) is 0 Å². The Morgan fingerprint density at radius 3 is 2.36 bits per heavy atom. The van der Waals surface area contributed by atoms with E-state index in [2.05, 4.69) is 29.9 Å². The molecule has 4 aromatic heterocycles.